The second-order valence-electron chi connectivity index (χ2n) is 2.69. The van der Waals surface area contributed by atoms with Gasteiger partial charge < -0.3 is 5.32 Å². The standard InChI is InChI=1S/C8H17NS/c1-7(2)5-9-8(3)6-10-4/h8-9H,1,5-6H2,2-4H3. The molecule has 0 heterocycles. The number of thioether (sulfide) groups is 1. The van der Waals surface area contributed by atoms with E-state index in [2.05, 4.69) is 25.1 Å². The topological polar surface area (TPSA) is 12.0 Å². The predicted octanol–water partition coefficient (Wildman–Crippen LogP) is 1.90. The van der Waals surface area contributed by atoms with Crippen LogP contribution in [0.3, 0.4) is 0 Å². The van der Waals surface area contributed by atoms with Crippen LogP contribution >= 0.6 is 11.8 Å². The fourth-order valence-electron chi connectivity index (χ4n) is 0.657. The van der Waals surface area contributed by atoms with Crippen LogP contribution in [0.5, 0.6) is 0 Å². The summed E-state index contributed by atoms with van der Waals surface area (Å²) in [5, 5.41) is 3.36. The molecule has 0 saturated carbocycles. The maximum Gasteiger partial charge on any atom is 0.0161 e. The average molecular weight is 159 g/mol. The van der Waals surface area contributed by atoms with Gasteiger partial charge in [-0.25, -0.2) is 0 Å². The molecule has 60 valence electrons. The number of nitrogens with one attached hydrogen (secondary N) is 1. The molecule has 0 fully saturated rings. The van der Waals surface area contributed by atoms with Crippen molar-refractivity contribution in [2.24, 2.45) is 0 Å². The number of hydrogen-bond acceptors (Lipinski definition) is 2. The van der Waals surface area contributed by atoms with Gasteiger partial charge in [-0.2, -0.15) is 11.8 Å². The Labute approximate surface area is 68.3 Å². The molecule has 0 radical (unpaired) electrons. The zero-order chi connectivity index (χ0) is 7.98. The van der Waals surface area contributed by atoms with Crippen molar-refractivity contribution in [3.05, 3.63) is 12.2 Å². The Hall–Kier alpha value is 0.0500. The Bertz CT molecular complexity index is 101. The predicted molar refractivity (Wildman–Crippen MR) is 50.7 cm³/mol. The van der Waals surface area contributed by atoms with Gasteiger partial charge in [0.15, 0.2) is 0 Å². The molecule has 0 aromatic rings. The lowest BCUT2D eigenvalue weighted by molar-refractivity contribution is 0.630. The molecule has 0 aliphatic rings. The van der Waals surface area contributed by atoms with Crippen molar-refractivity contribution in [3.8, 4) is 0 Å². The molecular weight excluding hydrogens is 142 g/mol. The molecule has 0 aromatic carbocycles. The zero-order valence-corrected chi connectivity index (χ0v) is 7.92. The van der Waals surface area contributed by atoms with Crippen molar-refractivity contribution in [2.45, 2.75) is 19.9 Å². The van der Waals surface area contributed by atoms with E-state index in [4.69, 9.17) is 0 Å². The van der Waals surface area contributed by atoms with Crippen molar-refractivity contribution in [3.63, 3.8) is 0 Å². The molecule has 1 nitrogen and oxygen atoms in total. The summed E-state index contributed by atoms with van der Waals surface area (Å²) >= 11 is 1.87. The van der Waals surface area contributed by atoms with Crippen LogP contribution in [0.2, 0.25) is 0 Å². The van der Waals surface area contributed by atoms with Crippen molar-refractivity contribution in [2.75, 3.05) is 18.6 Å². The molecule has 1 atom stereocenters. The third-order valence-corrected chi connectivity index (χ3v) is 2.00. The summed E-state index contributed by atoms with van der Waals surface area (Å²) in [6, 6.07) is 0.603. The van der Waals surface area contributed by atoms with Gasteiger partial charge in [-0.1, -0.05) is 12.2 Å². The fourth-order valence-corrected chi connectivity index (χ4v) is 1.28. The largest absolute Gasteiger partial charge is 0.310 e. The minimum absolute atomic E-state index is 0.603. The van der Waals surface area contributed by atoms with E-state index in [1.54, 1.807) is 0 Å². The van der Waals surface area contributed by atoms with Gasteiger partial charge in [0.1, 0.15) is 0 Å². The van der Waals surface area contributed by atoms with E-state index in [0.717, 1.165) is 6.54 Å². The summed E-state index contributed by atoms with van der Waals surface area (Å²) in [6.45, 7) is 9.00. The molecule has 0 amide bonds. The first kappa shape index (κ1) is 10.0. The Balaban J connectivity index is 3.21. The Morgan fingerprint density at radius 3 is 2.70 bits per heavy atom. The highest BCUT2D eigenvalue weighted by molar-refractivity contribution is 7.98. The molecule has 1 unspecified atom stereocenters. The van der Waals surface area contributed by atoms with Gasteiger partial charge in [0.05, 0.1) is 0 Å². The number of hydrogen-bond donors (Lipinski definition) is 1. The van der Waals surface area contributed by atoms with Crippen molar-refractivity contribution >= 4 is 11.8 Å². The van der Waals surface area contributed by atoms with Crippen LogP contribution < -0.4 is 5.32 Å². The minimum atomic E-state index is 0.603. The van der Waals surface area contributed by atoms with E-state index < -0.39 is 0 Å². The summed E-state index contributed by atoms with van der Waals surface area (Å²) in [5.74, 6) is 1.17. The average Bonchev–Trinajstić information content (AvgIpc) is 1.85. The van der Waals surface area contributed by atoms with Crippen molar-refractivity contribution in [1.29, 1.82) is 0 Å². The summed E-state index contributed by atoms with van der Waals surface area (Å²) in [6.07, 6.45) is 2.12. The Morgan fingerprint density at radius 1 is 1.70 bits per heavy atom. The molecule has 10 heavy (non-hydrogen) atoms. The van der Waals surface area contributed by atoms with Gasteiger partial charge >= 0.3 is 0 Å². The lowest BCUT2D eigenvalue weighted by Gasteiger charge is -2.11. The molecule has 1 N–H and O–H groups in total. The first-order valence-electron chi connectivity index (χ1n) is 3.53. The summed E-state index contributed by atoms with van der Waals surface area (Å²) in [5.41, 5.74) is 1.20. The maximum absolute atomic E-state index is 3.82. The highest BCUT2D eigenvalue weighted by atomic mass is 32.2. The van der Waals surface area contributed by atoms with Gasteiger partial charge in [0, 0.05) is 18.3 Å². The van der Waals surface area contributed by atoms with Gasteiger partial charge in [0.25, 0.3) is 0 Å². The first-order valence-corrected chi connectivity index (χ1v) is 4.93. The van der Waals surface area contributed by atoms with Crippen molar-refractivity contribution < 1.29 is 0 Å². The molecule has 0 spiro atoms. The van der Waals surface area contributed by atoms with Gasteiger partial charge in [-0.3, -0.25) is 0 Å². The first-order chi connectivity index (χ1) is 4.66. The van der Waals surface area contributed by atoms with E-state index in [9.17, 15) is 0 Å². The van der Waals surface area contributed by atoms with Crippen LogP contribution in [-0.2, 0) is 0 Å². The van der Waals surface area contributed by atoms with E-state index in [0.29, 0.717) is 6.04 Å². The molecular formula is C8H17NS. The molecule has 0 aliphatic heterocycles. The molecule has 2 heteroatoms. The van der Waals surface area contributed by atoms with Crippen LogP contribution in [0.1, 0.15) is 13.8 Å². The van der Waals surface area contributed by atoms with Gasteiger partial charge in [-0.05, 0) is 20.1 Å². The molecule has 0 aromatic heterocycles. The second-order valence-corrected chi connectivity index (χ2v) is 3.61. The summed E-state index contributed by atoms with van der Waals surface area (Å²) < 4.78 is 0. The summed E-state index contributed by atoms with van der Waals surface area (Å²) in [7, 11) is 0. The number of rotatable bonds is 5. The smallest absolute Gasteiger partial charge is 0.0161 e. The van der Waals surface area contributed by atoms with E-state index in [1.165, 1.54) is 11.3 Å². The van der Waals surface area contributed by atoms with Crippen molar-refractivity contribution in [1.82, 2.24) is 5.32 Å². The Kier molecular flexibility index (Phi) is 5.84. The van der Waals surface area contributed by atoms with E-state index >= 15 is 0 Å². The molecule has 0 rings (SSSR count). The SMILES string of the molecule is C=C(C)CNC(C)CSC. The van der Waals surface area contributed by atoms with Crippen LogP contribution in [0.15, 0.2) is 12.2 Å². The second kappa shape index (κ2) is 5.81. The third-order valence-electron chi connectivity index (χ3n) is 1.17. The minimum Gasteiger partial charge on any atom is -0.310 e. The molecule has 0 aliphatic carbocycles. The lowest BCUT2D eigenvalue weighted by Crippen LogP contribution is -2.29. The quantitative estimate of drug-likeness (QED) is 0.615. The van der Waals surface area contributed by atoms with Gasteiger partial charge in [-0.15, -0.1) is 0 Å². The highest BCUT2D eigenvalue weighted by Crippen LogP contribution is 1.96. The lowest BCUT2D eigenvalue weighted by atomic mass is 10.3. The van der Waals surface area contributed by atoms with Crippen LogP contribution in [-0.4, -0.2) is 24.6 Å². The van der Waals surface area contributed by atoms with Gasteiger partial charge in [0.2, 0.25) is 0 Å². The van der Waals surface area contributed by atoms with E-state index in [-0.39, 0.29) is 0 Å². The van der Waals surface area contributed by atoms with Crippen LogP contribution in [0.4, 0.5) is 0 Å². The van der Waals surface area contributed by atoms with Crippen LogP contribution in [0.25, 0.3) is 0 Å². The monoisotopic (exact) mass is 159 g/mol. The van der Waals surface area contributed by atoms with E-state index in [1.807, 2.05) is 18.7 Å². The normalized spacial score (nSPS) is 13.1. The molecule has 0 bridgehead atoms. The summed E-state index contributed by atoms with van der Waals surface area (Å²) in [4.78, 5) is 0. The highest BCUT2D eigenvalue weighted by Gasteiger charge is 1.97. The fraction of sp³-hybridized carbons (Fsp3) is 0.750. The molecule has 0 saturated heterocycles. The third kappa shape index (κ3) is 6.17. The maximum atomic E-state index is 3.82. The Morgan fingerprint density at radius 2 is 2.30 bits per heavy atom. The van der Waals surface area contributed by atoms with Crippen LogP contribution in [0, 0.1) is 0 Å². The zero-order valence-electron chi connectivity index (χ0n) is 7.11.